The van der Waals surface area contributed by atoms with Crippen LogP contribution in [0.4, 0.5) is 0 Å². The van der Waals surface area contributed by atoms with Crippen LogP contribution in [0.25, 0.3) is 5.52 Å². The third-order valence-corrected chi connectivity index (χ3v) is 2.44. The van der Waals surface area contributed by atoms with Gasteiger partial charge in [0.05, 0.1) is 19.2 Å². The van der Waals surface area contributed by atoms with Crippen molar-refractivity contribution in [3.63, 3.8) is 0 Å². The van der Waals surface area contributed by atoms with Crippen LogP contribution in [0.15, 0.2) is 18.2 Å². The molecule has 0 unspecified atom stereocenters. The first kappa shape index (κ1) is 11.4. The number of hydrogen-bond donors (Lipinski definition) is 2. The van der Waals surface area contributed by atoms with Crippen LogP contribution in [0.3, 0.4) is 0 Å². The molecule has 0 atom stereocenters. The highest BCUT2D eigenvalue weighted by Gasteiger charge is 2.18. The molecule has 17 heavy (non-hydrogen) atoms. The van der Waals surface area contributed by atoms with E-state index in [9.17, 15) is 4.79 Å². The SMILES string of the molecule is CNCc1nc(C(=O)O)c2cccc(OC)n12. The van der Waals surface area contributed by atoms with Crippen molar-refractivity contribution in [1.29, 1.82) is 0 Å². The molecule has 0 aromatic carbocycles. The maximum atomic E-state index is 11.1. The smallest absolute Gasteiger partial charge is 0.356 e. The summed E-state index contributed by atoms with van der Waals surface area (Å²) in [5, 5.41) is 12.0. The Hall–Kier alpha value is -2.08. The van der Waals surface area contributed by atoms with Gasteiger partial charge in [0.15, 0.2) is 11.6 Å². The van der Waals surface area contributed by atoms with Crippen molar-refractivity contribution in [2.24, 2.45) is 0 Å². The minimum absolute atomic E-state index is 0.0363. The Labute approximate surface area is 97.8 Å². The molecule has 2 rings (SSSR count). The van der Waals surface area contributed by atoms with Crippen LogP contribution >= 0.6 is 0 Å². The van der Waals surface area contributed by atoms with Crippen molar-refractivity contribution in [3.05, 3.63) is 29.7 Å². The molecule has 0 fully saturated rings. The largest absolute Gasteiger partial charge is 0.482 e. The fourth-order valence-corrected chi connectivity index (χ4v) is 1.77. The fraction of sp³-hybridized carbons (Fsp3) is 0.273. The summed E-state index contributed by atoms with van der Waals surface area (Å²) in [6.45, 7) is 0.467. The van der Waals surface area contributed by atoms with Crippen LogP contribution in [0.2, 0.25) is 0 Å². The molecule has 0 radical (unpaired) electrons. The van der Waals surface area contributed by atoms with E-state index in [1.54, 1.807) is 36.8 Å². The van der Waals surface area contributed by atoms with Crippen LogP contribution in [0, 0.1) is 0 Å². The van der Waals surface area contributed by atoms with Crippen LogP contribution in [-0.2, 0) is 6.54 Å². The lowest BCUT2D eigenvalue weighted by atomic mass is 10.3. The van der Waals surface area contributed by atoms with Crippen LogP contribution in [-0.4, -0.2) is 34.6 Å². The zero-order valence-electron chi connectivity index (χ0n) is 9.60. The maximum absolute atomic E-state index is 11.1. The standard InChI is InChI=1S/C11H13N3O3/c1-12-6-8-13-10(11(15)16)7-4-3-5-9(17-2)14(7)8/h3-5,12H,6H2,1-2H3,(H,15,16). The summed E-state index contributed by atoms with van der Waals surface area (Å²) in [7, 11) is 3.31. The monoisotopic (exact) mass is 235 g/mol. The van der Waals surface area contributed by atoms with Crippen LogP contribution in [0.5, 0.6) is 5.88 Å². The van der Waals surface area contributed by atoms with Gasteiger partial charge in [0.1, 0.15) is 5.82 Å². The first-order chi connectivity index (χ1) is 8.19. The lowest BCUT2D eigenvalue weighted by molar-refractivity contribution is 0.0693. The third-order valence-electron chi connectivity index (χ3n) is 2.44. The van der Waals surface area contributed by atoms with E-state index in [0.29, 0.717) is 23.8 Å². The van der Waals surface area contributed by atoms with Gasteiger partial charge < -0.3 is 15.2 Å². The normalized spacial score (nSPS) is 10.7. The topological polar surface area (TPSA) is 75.9 Å². The Kier molecular flexibility index (Phi) is 2.97. The van der Waals surface area contributed by atoms with E-state index < -0.39 is 5.97 Å². The number of nitrogens with one attached hydrogen (secondary N) is 1. The quantitative estimate of drug-likeness (QED) is 0.818. The van der Waals surface area contributed by atoms with Gasteiger partial charge in [-0.15, -0.1) is 0 Å². The van der Waals surface area contributed by atoms with Gasteiger partial charge in [0.25, 0.3) is 0 Å². The zero-order chi connectivity index (χ0) is 12.4. The van der Waals surface area contributed by atoms with Gasteiger partial charge in [-0.3, -0.25) is 4.40 Å². The summed E-state index contributed by atoms with van der Waals surface area (Å²) in [5.74, 6) is 0.128. The number of nitrogens with zero attached hydrogens (tertiary/aromatic N) is 2. The van der Waals surface area contributed by atoms with E-state index in [0.717, 1.165) is 0 Å². The second-order valence-corrected chi connectivity index (χ2v) is 3.50. The second kappa shape index (κ2) is 4.42. The van der Waals surface area contributed by atoms with Crippen molar-refractivity contribution < 1.29 is 14.6 Å². The van der Waals surface area contributed by atoms with Crippen molar-refractivity contribution in [1.82, 2.24) is 14.7 Å². The molecule has 2 heterocycles. The van der Waals surface area contributed by atoms with Gasteiger partial charge in [-0.25, -0.2) is 9.78 Å². The second-order valence-electron chi connectivity index (χ2n) is 3.50. The first-order valence-electron chi connectivity index (χ1n) is 5.11. The highest BCUT2D eigenvalue weighted by molar-refractivity contribution is 5.93. The molecule has 0 saturated carbocycles. The van der Waals surface area contributed by atoms with Crippen molar-refractivity contribution in [3.8, 4) is 5.88 Å². The summed E-state index contributed by atoms with van der Waals surface area (Å²) in [4.78, 5) is 15.2. The minimum atomic E-state index is -1.04. The number of hydrogen-bond acceptors (Lipinski definition) is 4. The number of carboxylic acid groups (broad SMARTS) is 1. The molecule has 0 aliphatic carbocycles. The summed E-state index contributed by atoms with van der Waals surface area (Å²) < 4.78 is 6.90. The average molecular weight is 235 g/mol. The predicted molar refractivity (Wildman–Crippen MR) is 61.5 cm³/mol. The van der Waals surface area contributed by atoms with Crippen LogP contribution < -0.4 is 10.1 Å². The molecule has 0 bridgehead atoms. The number of ether oxygens (including phenoxy) is 1. The van der Waals surface area contributed by atoms with Gasteiger partial charge in [-0.05, 0) is 19.2 Å². The zero-order valence-corrected chi connectivity index (χ0v) is 9.60. The van der Waals surface area contributed by atoms with E-state index in [1.165, 1.54) is 0 Å². The molecule has 2 N–H and O–H groups in total. The number of aromatic carboxylic acids is 1. The molecule has 0 spiro atoms. The molecule has 0 aliphatic heterocycles. The van der Waals surface area contributed by atoms with Gasteiger partial charge in [0, 0.05) is 0 Å². The van der Waals surface area contributed by atoms with Crippen molar-refractivity contribution in [2.75, 3.05) is 14.2 Å². The Morgan fingerprint density at radius 3 is 2.94 bits per heavy atom. The summed E-state index contributed by atoms with van der Waals surface area (Å²) in [5.41, 5.74) is 0.566. The maximum Gasteiger partial charge on any atom is 0.356 e. The summed E-state index contributed by atoms with van der Waals surface area (Å²) in [6.07, 6.45) is 0. The lowest BCUT2D eigenvalue weighted by Crippen LogP contribution is -2.09. The number of imidazole rings is 1. The first-order valence-corrected chi connectivity index (χ1v) is 5.11. The summed E-state index contributed by atoms with van der Waals surface area (Å²) >= 11 is 0. The average Bonchev–Trinajstić information content (AvgIpc) is 2.69. The molecule has 0 saturated heterocycles. The Morgan fingerprint density at radius 2 is 2.35 bits per heavy atom. The molecule has 0 amide bonds. The number of fused-ring (bicyclic) bond motifs is 1. The molecule has 6 heteroatoms. The Morgan fingerprint density at radius 1 is 1.59 bits per heavy atom. The highest BCUT2D eigenvalue weighted by Crippen LogP contribution is 2.20. The number of aromatic nitrogens is 2. The van der Waals surface area contributed by atoms with Crippen molar-refractivity contribution >= 4 is 11.5 Å². The molecular formula is C11H13N3O3. The fourth-order valence-electron chi connectivity index (χ4n) is 1.77. The van der Waals surface area contributed by atoms with E-state index in [1.807, 2.05) is 0 Å². The third kappa shape index (κ3) is 1.83. The van der Waals surface area contributed by atoms with E-state index in [4.69, 9.17) is 9.84 Å². The van der Waals surface area contributed by atoms with E-state index in [2.05, 4.69) is 10.3 Å². The minimum Gasteiger partial charge on any atom is -0.482 e. The molecular weight excluding hydrogens is 222 g/mol. The Balaban J connectivity index is 2.76. The number of pyridine rings is 1. The predicted octanol–water partition coefficient (Wildman–Crippen LogP) is 0.761. The van der Waals surface area contributed by atoms with Gasteiger partial charge in [-0.2, -0.15) is 0 Å². The molecule has 90 valence electrons. The number of rotatable bonds is 4. The molecule has 0 aliphatic rings. The summed E-state index contributed by atoms with van der Waals surface area (Å²) in [6, 6.07) is 5.21. The van der Waals surface area contributed by atoms with Gasteiger partial charge in [-0.1, -0.05) is 6.07 Å². The molecule has 6 nitrogen and oxygen atoms in total. The lowest BCUT2D eigenvalue weighted by Gasteiger charge is -2.06. The van der Waals surface area contributed by atoms with E-state index in [-0.39, 0.29) is 5.69 Å². The van der Waals surface area contributed by atoms with Crippen LogP contribution in [0.1, 0.15) is 16.3 Å². The highest BCUT2D eigenvalue weighted by atomic mass is 16.5. The molecule has 2 aromatic heterocycles. The van der Waals surface area contributed by atoms with Crippen molar-refractivity contribution in [2.45, 2.75) is 6.54 Å². The Bertz CT molecular complexity index is 562. The number of carbonyl (C=O) groups is 1. The number of carboxylic acids is 1. The van der Waals surface area contributed by atoms with Gasteiger partial charge >= 0.3 is 5.97 Å². The molecule has 2 aromatic rings. The number of methoxy groups -OCH3 is 1. The van der Waals surface area contributed by atoms with E-state index >= 15 is 0 Å². The van der Waals surface area contributed by atoms with Gasteiger partial charge in [0.2, 0.25) is 0 Å².